The summed E-state index contributed by atoms with van der Waals surface area (Å²) in [6, 6.07) is 4.65. The monoisotopic (exact) mass is 296 g/mol. The maximum atomic E-state index is 11.4. The molecule has 17 heavy (non-hydrogen) atoms. The van der Waals surface area contributed by atoms with Crippen LogP contribution in [0, 0.1) is 0 Å². The molecule has 4 nitrogen and oxygen atoms in total. The van der Waals surface area contributed by atoms with E-state index in [-0.39, 0.29) is 28.0 Å². The molecule has 0 aliphatic carbocycles. The number of hydrogen-bond acceptors (Lipinski definition) is 4. The number of hydrogen-bond donors (Lipinski definition) is 0. The summed E-state index contributed by atoms with van der Waals surface area (Å²) >= 11 is 11.6. The Morgan fingerprint density at radius 2 is 1.82 bits per heavy atom. The van der Waals surface area contributed by atoms with Gasteiger partial charge in [0.15, 0.2) is 5.75 Å². The number of sulfone groups is 1. The van der Waals surface area contributed by atoms with Crippen molar-refractivity contribution < 1.29 is 17.9 Å². The van der Waals surface area contributed by atoms with Crippen LogP contribution in [0.25, 0.3) is 0 Å². The Hall–Kier alpha value is -0.780. The number of ether oxygens (including phenoxy) is 1. The van der Waals surface area contributed by atoms with Gasteiger partial charge in [0.25, 0.3) is 0 Å². The van der Waals surface area contributed by atoms with E-state index < -0.39 is 15.8 Å². The van der Waals surface area contributed by atoms with Crippen LogP contribution in [0.3, 0.4) is 0 Å². The van der Waals surface area contributed by atoms with Crippen molar-refractivity contribution in [3.8, 4) is 5.75 Å². The van der Waals surface area contributed by atoms with Gasteiger partial charge in [-0.1, -0.05) is 29.3 Å². The standard InChI is InChI=1S/C10H10Cl2O4S/c1-17(14,15)6-5-9(13)16-10-7(11)3-2-4-8(10)12/h2-4H,5-6H2,1H3. The predicted octanol–water partition coefficient (Wildman–Crippen LogP) is 2.33. The lowest BCUT2D eigenvalue weighted by Crippen LogP contribution is -2.14. The molecule has 0 N–H and O–H groups in total. The normalized spacial score (nSPS) is 11.2. The van der Waals surface area contributed by atoms with Gasteiger partial charge in [-0.3, -0.25) is 4.79 Å². The molecule has 1 aromatic carbocycles. The first-order valence-corrected chi connectivity index (χ1v) is 7.43. The van der Waals surface area contributed by atoms with Crippen molar-refractivity contribution >= 4 is 39.0 Å². The van der Waals surface area contributed by atoms with E-state index in [0.717, 1.165) is 6.26 Å². The van der Waals surface area contributed by atoms with E-state index in [1.54, 1.807) is 6.07 Å². The number of esters is 1. The van der Waals surface area contributed by atoms with Gasteiger partial charge in [0.2, 0.25) is 0 Å². The van der Waals surface area contributed by atoms with Crippen LogP contribution in [0.1, 0.15) is 6.42 Å². The molecule has 0 radical (unpaired) electrons. The second kappa shape index (κ2) is 5.71. The SMILES string of the molecule is CS(=O)(=O)CCC(=O)Oc1c(Cl)cccc1Cl. The van der Waals surface area contributed by atoms with Crippen molar-refractivity contribution in [2.75, 3.05) is 12.0 Å². The van der Waals surface area contributed by atoms with Crippen molar-refractivity contribution in [3.63, 3.8) is 0 Å². The molecule has 0 amide bonds. The Morgan fingerprint density at radius 3 is 2.29 bits per heavy atom. The molecular weight excluding hydrogens is 287 g/mol. The summed E-state index contributed by atoms with van der Waals surface area (Å²) in [6.45, 7) is 0. The minimum absolute atomic E-state index is 0.0503. The largest absolute Gasteiger partial charge is 0.423 e. The maximum absolute atomic E-state index is 11.4. The van der Waals surface area contributed by atoms with E-state index in [2.05, 4.69) is 0 Å². The molecule has 0 saturated carbocycles. The maximum Gasteiger partial charge on any atom is 0.312 e. The van der Waals surface area contributed by atoms with Crippen LogP contribution in [-0.2, 0) is 14.6 Å². The topological polar surface area (TPSA) is 60.4 Å². The summed E-state index contributed by atoms with van der Waals surface area (Å²) in [4.78, 5) is 11.4. The van der Waals surface area contributed by atoms with Crippen LogP contribution in [0.4, 0.5) is 0 Å². The number of halogens is 2. The highest BCUT2D eigenvalue weighted by Crippen LogP contribution is 2.32. The third kappa shape index (κ3) is 4.93. The molecule has 0 aliphatic rings. The van der Waals surface area contributed by atoms with Gasteiger partial charge >= 0.3 is 5.97 Å². The van der Waals surface area contributed by atoms with Gasteiger partial charge in [0, 0.05) is 6.26 Å². The molecule has 0 bridgehead atoms. The smallest absolute Gasteiger partial charge is 0.312 e. The minimum atomic E-state index is -3.20. The summed E-state index contributed by atoms with van der Waals surface area (Å²) in [7, 11) is -3.20. The Morgan fingerprint density at radius 1 is 1.29 bits per heavy atom. The molecular formula is C10H10Cl2O4S. The van der Waals surface area contributed by atoms with Crippen LogP contribution in [0.5, 0.6) is 5.75 Å². The van der Waals surface area contributed by atoms with Gasteiger partial charge in [-0.2, -0.15) is 0 Å². The molecule has 7 heteroatoms. The molecule has 0 aliphatic heterocycles. The molecule has 0 fully saturated rings. The van der Waals surface area contributed by atoms with Crippen LogP contribution in [-0.4, -0.2) is 26.4 Å². The second-order valence-electron chi connectivity index (χ2n) is 3.40. The van der Waals surface area contributed by atoms with Crippen molar-refractivity contribution in [3.05, 3.63) is 28.2 Å². The third-order valence-corrected chi connectivity index (χ3v) is 3.35. The summed E-state index contributed by atoms with van der Waals surface area (Å²) in [5.41, 5.74) is 0. The van der Waals surface area contributed by atoms with Crippen molar-refractivity contribution in [2.45, 2.75) is 6.42 Å². The highest BCUT2D eigenvalue weighted by atomic mass is 35.5. The Bertz CT molecular complexity index is 505. The molecule has 1 aromatic rings. The lowest BCUT2D eigenvalue weighted by molar-refractivity contribution is -0.133. The molecule has 0 atom stereocenters. The Balaban J connectivity index is 2.69. The van der Waals surface area contributed by atoms with E-state index in [1.807, 2.05) is 0 Å². The zero-order valence-corrected chi connectivity index (χ0v) is 11.3. The highest BCUT2D eigenvalue weighted by Gasteiger charge is 2.14. The summed E-state index contributed by atoms with van der Waals surface area (Å²) in [6.07, 6.45) is 0.809. The molecule has 0 spiro atoms. The van der Waals surface area contributed by atoms with Crippen LogP contribution in [0.15, 0.2) is 18.2 Å². The molecule has 1 rings (SSSR count). The highest BCUT2D eigenvalue weighted by molar-refractivity contribution is 7.90. The van der Waals surface area contributed by atoms with Crippen LogP contribution >= 0.6 is 23.2 Å². The first kappa shape index (κ1) is 14.3. The second-order valence-corrected chi connectivity index (χ2v) is 6.48. The van der Waals surface area contributed by atoms with E-state index in [0.29, 0.717) is 0 Å². The van der Waals surface area contributed by atoms with Gasteiger partial charge in [-0.15, -0.1) is 0 Å². The number of carbonyl (C=O) groups excluding carboxylic acids is 1. The van der Waals surface area contributed by atoms with Crippen LogP contribution < -0.4 is 4.74 Å². The number of carbonyl (C=O) groups is 1. The zero-order chi connectivity index (χ0) is 13.1. The average Bonchev–Trinajstić information content (AvgIpc) is 2.20. The fourth-order valence-electron chi connectivity index (χ4n) is 1.01. The van der Waals surface area contributed by atoms with E-state index >= 15 is 0 Å². The first-order valence-electron chi connectivity index (χ1n) is 4.62. The quantitative estimate of drug-likeness (QED) is 0.632. The van der Waals surface area contributed by atoms with E-state index in [4.69, 9.17) is 27.9 Å². The van der Waals surface area contributed by atoms with E-state index in [9.17, 15) is 13.2 Å². The lowest BCUT2D eigenvalue weighted by atomic mass is 10.3. The summed E-state index contributed by atoms with van der Waals surface area (Å²) in [5, 5.41) is 0.399. The fourth-order valence-corrected chi connectivity index (χ4v) is 2.03. The van der Waals surface area contributed by atoms with E-state index in [1.165, 1.54) is 12.1 Å². The van der Waals surface area contributed by atoms with Gasteiger partial charge in [-0.05, 0) is 12.1 Å². The van der Waals surface area contributed by atoms with Crippen molar-refractivity contribution in [1.82, 2.24) is 0 Å². The fraction of sp³-hybridized carbons (Fsp3) is 0.300. The number of rotatable bonds is 4. The van der Waals surface area contributed by atoms with Crippen LogP contribution in [0.2, 0.25) is 10.0 Å². The summed E-state index contributed by atoms with van der Waals surface area (Å²) < 4.78 is 26.6. The minimum Gasteiger partial charge on any atom is -0.423 e. The molecule has 0 aromatic heterocycles. The lowest BCUT2D eigenvalue weighted by Gasteiger charge is -2.07. The molecule has 0 unspecified atom stereocenters. The average molecular weight is 297 g/mol. The van der Waals surface area contributed by atoms with Gasteiger partial charge < -0.3 is 4.74 Å². The Labute approximate surface area is 109 Å². The molecule has 0 saturated heterocycles. The third-order valence-electron chi connectivity index (χ3n) is 1.81. The zero-order valence-electron chi connectivity index (χ0n) is 8.94. The van der Waals surface area contributed by atoms with Gasteiger partial charge in [-0.25, -0.2) is 8.42 Å². The number of benzene rings is 1. The Kier molecular flexibility index (Phi) is 4.80. The predicted molar refractivity (Wildman–Crippen MR) is 66.4 cm³/mol. The van der Waals surface area contributed by atoms with Gasteiger partial charge in [0.05, 0.1) is 22.2 Å². The van der Waals surface area contributed by atoms with Crippen molar-refractivity contribution in [2.24, 2.45) is 0 Å². The molecule has 0 heterocycles. The molecule has 94 valence electrons. The first-order chi connectivity index (χ1) is 7.79. The van der Waals surface area contributed by atoms with Crippen molar-refractivity contribution in [1.29, 1.82) is 0 Å². The van der Waals surface area contributed by atoms with Gasteiger partial charge in [0.1, 0.15) is 9.84 Å². The summed E-state index contributed by atoms with van der Waals surface area (Å²) in [5.74, 6) is -0.909. The number of para-hydroxylation sites is 1.